The quantitative estimate of drug-likeness (QED) is 0.606. The van der Waals surface area contributed by atoms with Gasteiger partial charge in [0.25, 0.3) is 0 Å². The molecule has 1 nitrogen and oxygen atoms in total. The molecule has 0 spiro atoms. The molecule has 0 saturated heterocycles. The number of aryl methyl sites for hydroxylation is 2. The third-order valence-corrected chi connectivity index (χ3v) is 3.80. The van der Waals surface area contributed by atoms with E-state index in [-0.39, 0.29) is 0 Å². The molecule has 0 unspecified atom stereocenters. The maximum absolute atomic E-state index is 6.05. The lowest BCUT2D eigenvalue weighted by molar-refractivity contribution is 0.520. The Kier molecular flexibility index (Phi) is 2.31. The lowest BCUT2D eigenvalue weighted by Crippen LogP contribution is -2.00. The molecule has 3 aromatic rings. The number of hydrogen-bond donors (Lipinski definition) is 0. The molecule has 2 aromatic carbocycles. The van der Waals surface area contributed by atoms with Crippen LogP contribution in [0.4, 0.5) is 0 Å². The number of furan rings is 1. The van der Waals surface area contributed by atoms with Crippen LogP contribution in [0.15, 0.2) is 65.1 Å². The van der Waals surface area contributed by atoms with E-state index in [0.717, 1.165) is 29.9 Å². The van der Waals surface area contributed by atoms with E-state index in [9.17, 15) is 0 Å². The number of benzene rings is 2. The van der Waals surface area contributed by atoms with E-state index in [1.54, 1.807) is 0 Å². The average molecular weight is 246 g/mol. The monoisotopic (exact) mass is 246 g/mol. The predicted octanol–water partition coefficient (Wildman–Crippen LogP) is 4.71. The molecule has 4 rings (SSSR count). The van der Waals surface area contributed by atoms with Crippen LogP contribution >= 0.6 is 0 Å². The van der Waals surface area contributed by atoms with Crippen molar-refractivity contribution in [3.63, 3.8) is 0 Å². The van der Waals surface area contributed by atoms with Crippen molar-refractivity contribution in [2.24, 2.45) is 0 Å². The SMILES string of the molecule is c1ccc(-c2cc3c(o2)CCc2ccccc2-3)cc1. The Bertz CT molecular complexity index is 722. The summed E-state index contributed by atoms with van der Waals surface area (Å²) in [6, 6.07) is 21.1. The fourth-order valence-electron chi connectivity index (χ4n) is 2.84. The lowest BCUT2D eigenvalue weighted by atomic mass is 9.90. The third kappa shape index (κ3) is 1.70. The minimum absolute atomic E-state index is 0.974. The van der Waals surface area contributed by atoms with Gasteiger partial charge in [-0.2, -0.15) is 0 Å². The Balaban J connectivity index is 1.88. The van der Waals surface area contributed by atoms with Crippen LogP contribution in [0.25, 0.3) is 22.5 Å². The van der Waals surface area contributed by atoms with Crippen molar-refractivity contribution in [1.29, 1.82) is 0 Å². The van der Waals surface area contributed by atoms with Crippen molar-refractivity contribution >= 4 is 0 Å². The van der Waals surface area contributed by atoms with E-state index in [1.807, 2.05) is 18.2 Å². The molecule has 1 heterocycles. The first-order valence-electron chi connectivity index (χ1n) is 6.68. The molecule has 0 N–H and O–H groups in total. The highest BCUT2D eigenvalue weighted by atomic mass is 16.3. The van der Waals surface area contributed by atoms with Crippen LogP contribution in [0.2, 0.25) is 0 Å². The van der Waals surface area contributed by atoms with Gasteiger partial charge in [-0.25, -0.2) is 0 Å². The van der Waals surface area contributed by atoms with Gasteiger partial charge in [0.05, 0.1) is 0 Å². The Labute approximate surface area is 112 Å². The summed E-state index contributed by atoms with van der Waals surface area (Å²) in [5.41, 5.74) is 5.17. The summed E-state index contributed by atoms with van der Waals surface area (Å²) >= 11 is 0. The molecule has 1 heteroatoms. The Morgan fingerprint density at radius 2 is 1.53 bits per heavy atom. The van der Waals surface area contributed by atoms with E-state index in [1.165, 1.54) is 16.7 Å². The molecular formula is C18H14O. The first-order chi connectivity index (χ1) is 9.42. The summed E-state index contributed by atoms with van der Waals surface area (Å²) < 4.78 is 6.05. The van der Waals surface area contributed by atoms with Gasteiger partial charge in [-0.15, -0.1) is 0 Å². The second-order valence-electron chi connectivity index (χ2n) is 4.97. The third-order valence-electron chi connectivity index (χ3n) is 3.80. The van der Waals surface area contributed by atoms with Crippen molar-refractivity contribution in [2.75, 3.05) is 0 Å². The van der Waals surface area contributed by atoms with Crippen molar-refractivity contribution in [3.8, 4) is 22.5 Å². The van der Waals surface area contributed by atoms with Crippen molar-refractivity contribution in [3.05, 3.63) is 72.0 Å². The molecule has 0 saturated carbocycles. The minimum Gasteiger partial charge on any atom is -0.460 e. The smallest absolute Gasteiger partial charge is 0.134 e. The Morgan fingerprint density at radius 1 is 0.737 bits per heavy atom. The molecule has 1 aliphatic carbocycles. The van der Waals surface area contributed by atoms with E-state index < -0.39 is 0 Å². The standard InChI is InChI=1S/C18H14O/c1-2-7-14(8-3-1)18-12-16-15-9-5-4-6-13(15)10-11-17(16)19-18/h1-9,12H,10-11H2. The molecular weight excluding hydrogens is 232 g/mol. The Hall–Kier alpha value is -2.28. The molecule has 0 amide bonds. The van der Waals surface area contributed by atoms with Crippen LogP contribution in [-0.2, 0) is 12.8 Å². The largest absolute Gasteiger partial charge is 0.460 e. The van der Waals surface area contributed by atoms with Crippen molar-refractivity contribution in [1.82, 2.24) is 0 Å². The summed E-state index contributed by atoms with van der Waals surface area (Å²) in [6.45, 7) is 0. The van der Waals surface area contributed by atoms with Crippen LogP contribution < -0.4 is 0 Å². The molecule has 0 atom stereocenters. The average Bonchev–Trinajstić information content (AvgIpc) is 2.93. The maximum Gasteiger partial charge on any atom is 0.134 e. The second-order valence-corrected chi connectivity index (χ2v) is 4.97. The zero-order chi connectivity index (χ0) is 12.7. The van der Waals surface area contributed by atoms with Crippen LogP contribution in [0.5, 0.6) is 0 Å². The van der Waals surface area contributed by atoms with Gasteiger partial charge in [0, 0.05) is 17.5 Å². The first kappa shape index (κ1) is 10.6. The number of hydrogen-bond acceptors (Lipinski definition) is 1. The van der Waals surface area contributed by atoms with E-state index >= 15 is 0 Å². The summed E-state index contributed by atoms with van der Waals surface area (Å²) in [7, 11) is 0. The fourth-order valence-corrected chi connectivity index (χ4v) is 2.84. The van der Waals surface area contributed by atoms with Gasteiger partial charge in [-0.1, -0.05) is 54.6 Å². The molecule has 1 aromatic heterocycles. The van der Waals surface area contributed by atoms with E-state index in [0.29, 0.717) is 0 Å². The fraction of sp³-hybridized carbons (Fsp3) is 0.111. The topological polar surface area (TPSA) is 13.1 Å². The molecule has 0 fully saturated rings. The van der Waals surface area contributed by atoms with E-state index in [4.69, 9.17) is 4.42 Å². The number of rotatable bonds is 1. The van der Waals surface area contributed by atoms with Gasteiger partial charge in [0.1, 0.15) is 11.5 Å². The van der Waals surface area contributed by atoms with Gasteiger partial charge in [0.15, 0.2) is 0 Å². The summed E-state index contributed by atoms with van der Waals surface area (Å²) in [5, 5.41) is 0. The van der Waals surface area contributed by atoms with Gasteiger partial charge in [0.2, 0.25) is 0 Å². The maximum atomic E-state index is 6.05. The van der Waals surface area contributed by atoms with Crippen LogP contribution in [-0.4, -0.2) is 0 Å². The summed E-state index contributed by atoms with van der Waals surface area (Å²) in [5.74, 6) is 2.10. The predicted molar refractivity (Wildman–Crippen MR) is 77.0 cm³/mol. The van der Waals surface area contributed by atoms with Crippen molar-refractivity contribution in [2.45, 2.75) is 12.8 Å². The second kappa shape index (κ2) is 4.13. The molecule has 0 bridgehead atoms. The minimum atomic E-state index is 0.974. The zero-order valence-corrected chi connectivity index (χ0v) is 10.6. The molecule has 0 aliphatic heterocycles. The van der Waals surface area contributed by atoms with Crippen molar-refractivity contribution < 1.29 is 4.42 Å². The van der Waals surface area contributed by atoms with Crippen LogP contribution in [0.3, 0.4) is 0 Å². The Morgan fingerprint density at radius 3 is 2.42 bits per heavy atom. The van der Waals surface area contributed by atoms with Crippen LogP contribution in [0.1, 0.15) is 11.3 Å². The van der Waals surface area contributed by atoms with Gasteiger partial charge < -0.3 is 4.42 Å². The normalized spacial score (nSPS) is 12.8. The van der Waals surface area contributed by atoms with Gasteiger partial charge in [-0.3, -0.25) is 0 Å². The molecule has 0 radical (unpaired) electrons. The molecule has 1 aliphatic rings. The highest BCUT2D eigenvalue weighted by Gasteiger charge is 2.20. The summed E-state index contributed by atoms with van der Waals surface area (Å²) in [6.07, 6.45) is 2.07. The molecule has 19 heavy (non-hydrogen) atoms. The van der Waals surface area contributed by atoms with Crippen LogP contribution in [0, 0.1) is 0 Å². The van der Waals surface area contributed by atoms with Gasteiger partial charge in [-0.05, 0) is 23.6 Å². The lowest BCUT2D eigenvalue weighted by Gasteiger charge is -2.14. The zero-order valence-electron chi connectivity index (χ0n) is 10.6. The summed E-state index contributed by atoms with van der Waals surface area (Å²) in [4.78, 5) is 0. The van der Waals surface area contributed by atoms with E-state index in [2.05, 4.69) is 42.5 Å². The highest BCUT2D eigenvalue weighted by Crippen LogP contribution is 2.38. The number of fused-ring (bicyclic) bond motifs is 3. The molecule has 92 valence electrons. The highest BCUT2D eigenvalue weighted by molar-refractivity contribution is 5.76. The van der Waals surface area contributed by atoms with Gasteiger partial charge >= 0.3 is 0 Å². The first-order valence-corrected chi connectivity index (χ1v) is 6.68.